The van der Waals surface area contributed by atoms with Gasteiger partial charge < -0.3 is 14.5 Å². The number of rotatable bonds is 4. The highest BCUT2D eigenvalue weighted by atomic mass is 16.5. The molecule has 1 aromatic rings. The van der Waals surface area contributed by atoms with Crippen molar-refractivity contribution < 1.29 is 9.47 Å². The molecule has 2 saturated heterocycles. The standard InChI is InChI=1S/C14H23N3O2/c1-18-12-8-13(14-15-4-5-16-14)17(10-12)9-11-2-6-19-7-3-11/h4-5,11-13H,2-3,6-10H2,1H3,(H,15,16)/t12-,13?/m1/s1. The van der Waals surface area contributed by atoms with Gasteiger partial charge in [0.15, 0.2) is 0 Å². The van der Waals surface area contributed by atoms with Crippen LogP contribution in [0.15, 0.2) is 12.4 Å². The first kappa shape index (κ1) is 13.1. The molecule has 0 amide bonds. The summed E-state index contributed by atoms with van der Waals surface area (Å²) in [7, 11) is 1.81. The van der Waals surface area contributed by atoms with E-state index in [-0.39, 0.29) is 0 Å². The van der Waals surface area contributed by atoms with E-state index in [2.05, 4.69) is 14.9 Å². The van der Waals surface area contributed by atoms with Crippen molar-refractivity contribution >= 4 is 0 Å². The minimum absolute atomic E-state index is 0.329. The number of ether oxygens (including phenoxy) is 2. The number of aromatic amines is 1. The Balaban J connectivity index is 1.66. The van der Waals surface area contributed by atoms with Crippen LogP contribution in [-0.4, -0.2) is 54.4 Å². The number of nitrogens with one attached hydrogen (secondary N) is 1. The van der Waals surface area contributed by atoms with Crippen LogP contribution in [0.5, 0.6) is 0 Å². The molecule has 0 spiro atoms. The molecular weight excluding hydrogens is 242 g/mol. The molecule has 2 aliphatic heterocycles. The number of aromatic nitrogens is 2. The number of imidazole rings is 1. The number of methoxy groups -OCH3 is 1. The zero-order valence-corrected chi connectivity index (χ0v) is 11.5. The first-order valence-corrected chi connectivity index (χ1v) is 7.20. The molecular formula is C14H23N3O2. The minimum Gasteiger partial charge on any atom is -0.381 e. The van der Waals surface area contributed by atoms with Gasteiger partial charge in [0, 0.05) is 45.8 Å². The molecule has 2 fully saturated rings. The second-order valence-electron chi connectivity index (χ2n) is 5.59. The molecule has 19 heavy (non-hydrogen) atoms. The summed E-state index contributed by atoms with van der Waals surface area (Å²) in [6.07, 6.45) is 7.46. The zero-order chi connectivity index (χ0) is 13.1. The third kappa shape index (κ3) is 2.99. The third-order valence-electron chi connectivity index (χ3n) is 4.37. The fourth-order valence-electron chi connectivity index (χ4n) is 3.24. The van der Waals surface area contributed by atoms with E-state index in [4.69, 9.17) is 9.47 Å². The summed E-state index contributed by atoms with van der Waals surface area (Å²) in [5.41, 5.74) is 0. The van der Waals surface area contributed by atoms with Crippen molar-refractivity contribution in [3.05, 3.63) is 18.2 Å². The molecule has 5 nitrogen and oxygen atoms in total. The molecule has 0 aliphatic carbocycles. The fraction of sp³-hybridized carbons (Fsp3) is 0.786. The Morgan fingerprint density at radius 2 is 2.32 bits per heavy atom. The maximum Gasteiger partial charge on any atom is 0.123 e. The first-order valence-electron chi connectivity index (χ1n) is 7.20. The Morgan fingerprint density at radius 1 is 1.47 bits per heavy atom. The lowest BCUT2D eigenvalue weighted by molar-refractivity contribution is 0.0472. The lowest BCUT2D eigenvalue weighted by atomic mass is 9.99. The van der Waals surface area contributed by atoms with E-state index < -0.39 is 0 Å². The average molecular weight is 265 g/mol. The number of hydrogen-bond donors (Lipinski definition) is 1. The highest BCUT2D eigenvalue weighted by Gasteiger charge is 2.35. The van der Waals surface area contributed by atoms with Gasteiger partial charge >= 0.3 is 0 Å². The number of hydrogen-bond acceptors (Lipinski definition) is 4. The van der Waals surface area contributed by atoms with Gasteiger partial charge in [-0.05, 0) is 25.2 Å². The van der Waals surface area contributed by atoms with E-state index in [0.29, 0.717) is 12.1 Å². The molecule has 2 aliphatic rings. The molecule has 5 heteroatoms. The van der Waals surface area contributed by atoms with Crippen LogP contribution >= 0.6 is 0 Å². The molecule has 0 radical (unpaired) electrons. The largest absolute Gasteiger partial charge is 0.381 e. The van der Waals surface area contributed by atoms with Crippen LogP contribution < -0.4 is 0 Å². The van der Waals surface area contributed by atoms with Gasteiger partial charge in [0.05, 0.1) is 12.1 Å². The van der Waals surface area contributed by atoms with Gasteiger partial charge in [0.1, 0.15) is 5.82 Å². The zero-order valence-electron chi connectivity index (χ0n) is 11.5. The topological polar surface area (TPSA) is 50.4 Å². The summed E-state index contributed by atoms with van der Waals surface area (Å²) < 4.78 is 11.0. The van der Waals surface area contributed by atoms with Gasteiger partial charge in [-0.25, -0.2) is 4.98 Å². The second-order valence-corrected chi connectivity index (χ2v) is 5.59. The molecule has 0 bridgehead atoms. The highest BCUT2D eigenvalue weighted by molar-refractivity contribution is 5.02. The molecule has 1 N–H and O–H groups in total. The van der Waals surface area contributed by atoms with E-state index in [1.807, 2.05) is 19.5 Å². The molecule has 106 valence electrons. The van der Waals surface area contributed by atoms with Crippen LogP contribution in [0.2, 0.25) is 0 Å². The van der Waals surface area contributed by atoms with Crippen LogP contribution in [0.4, 0.5) is 0 Å². The van der Waals surface area contributed by atoms with Crippen molar-refractivity contribution in [1.82, 2.24) is 14.9 Å². The van der Waals surface area contributed by atoms with Crippen LogP contribution in [-0.2, 0) is 9.47 Å². The van der Waals surface area contributed by atoms with Crippen LogP contribution in [0.25, 0.3) is 0 Å². The Bertz CT molecular complexity index is 376. The minimum atomic E-state index is 0.329. The molecule has 1 unspecified atom stereocenters. The van der Waals surface area contributed by atoms with Gasteiger partial charge in [-0.1, -0.05) is 0 Å². The number of H-pyrrole nitrogens is 1. The maximum atomic E-state index is 5.55. The SMILES string of the molecule is CO[C@@H]1CC(c2ncc[nH]2)N(CC2CCOCC2)C1. The van der Waals surface area contributed by atoms with Gasteiger partial charge in [0.2, 0.25) is 0 Å². The van der Waals surface area contributed by atoms with Crippen molar-refractivity contribution in [2.75, 3.05) is 33.4 Å². The normalized spacial score (nSPS) is 29.9. The average Bonchev–Trinajstić information content (AvgIpc) is 3.08. The van der Waals surface area contributed by atoms with E-state index in [1.165, 1.54) is 12.8 Å². The van der Waals surface area contributed by atoms with Crippen molar-refractivity contribution in [3.8, 4) is 0 Å². The number of likely N-dealkylation sites (tertiary alicyclic amines) is 1. The Morgan fingerprint density at radius 3 is 3.00 bits per heavy atom. The van der Waals surface area contributed by atoms with Crippen molar-refractivity contribution in [2.24, 2.45) is 5.92 Å². The Labute approximate surface area is 114 Å². The number of nitrogens with zero attached hydrogens (tertiary/aromatic N) is 2. The van der Waals surface area contributed by atoms with Crippen molar-refractivity contribution in [2.45, 2.75) is 31.4 Å². The molecule has 0 saturated carbocycles. The fourth-order valence-corrected chi connectivity index (χ4v) is 3.24. The Kier molecular flexibility index (Phi) is 4.15. The van der Waals surface area contributed by atoms with E-state index >= 15 is 0 Å². The van der Waals surface area contributed by atoms with Gasteiger partial charge in [-0.2, -0.15) is 0 Å². The predicted molar refractivity (Wildman–Crippen MR) is 71.9 cm³/mol. The van der Waals surface area contributed by atoms with Crippen molar-refractivity contribution in [1.29, 1.82) is 0 Å². The molecule has 1 aromatic heterocycles. The highest BCUT2D eigenvalue weighted by Crippen LogP contribution is 2.33. The summed E-state index contributed by atoms with van der Waals surface area (Å²) in [4.78, 5) is 10.2. The van der Waals surface area contributed by atoms with Gasteiger partial charge in [-0.3, -0.25) is 4.90 Å². The van der Waals surface area contributed by atoms with E-state index in [0.717, 1.165) is 44.5 Å². The summed E-state index contributed by atoms with van der Waals surface area (Å²) >= 11 is 0. The predicted octanol–water partition coefficient (Wildman–Crippen LogP) is 1.60. The summed E-state index contributed by atoms with van der Waals surface area (Å²) in [5, 5.41) is 0. The first-order chi connectivity index (χ1) is 9.36. The monoisotopic (exact) mass is 265 g/mol. The molecule has 3 rings (SSSR count). The second kappa shape index (κ2) is 6.03. The lowest BCUT2D eigenvalue weighted by Crippen LogP contribution is -2.33. The third-order valence-corrected chi connectivity index (χ3v) is 4.37. The lowest BCUT2D eigenvalue weighted by Gasteiger charge is -2.30. The van der Waals surface area contributed by atoms with Crippen LogP contribution in [0.3, 0.4) is 0 Å². The maximum absolute atomic E-state index is 5.55. The van der Waals surface area contributed by atoms with Crippen LogP contribution in [0, 0.1) is 5.92 Å². The van der Waals surface area contributed by atoms with E-state index in [9.17, 15) is 0 Å². The van der Waals surface area contributed by atoms with Crippen LogP contribution in [0.1, 0.15) is 31.1 Å². The van der Waals surface area contributed by atoms with Gasteiger partial charge in [-0.15, -0.1) is 0 Å². The molecule has 3 heterocycles. The smallest absolute Gasteiger partial charge is 0.123 e. The summed E-state index contributed by atoms with van der Waals surface area (Å²) in [6, 6.07) is 0.378. The van der Waals surface area contributed by atoms with E-state index in [1.54, 1.807) is 0 Å². The molecule has 2 atom stereocenters. The Hall–Kier alpha value is -0.910. The van der Waals surface area contributed by atoms with Crippen molar-refractivity contribution in [3.63, 3.8) is 0 Å². The summed E-state index contributed by atoms with van der Waals surface area (Å²) in [6.45, 7) is 3.98. The molecule has 0 aromatic carbocycles. The summed E-state index contributed by atoms with van der Waals surface area (Å²) in [5.74, 6) is 1.83. The quantitative estimate of drug-likeness (QED) is 0.898. The van der Waals surface area contributed by atoms with Gasteiger partial charge in [0.25, 0.3) is 0 Å².